The molecule has 0 aliphatic heterocycles. The monoisotopic (exact) mass is 424 g/mol. The maximum atomic E-state index is 14.7. The second kappa shape index (κ2) is 7.03. The minimum atomic E-state index is -0.585. The van der Waals surface area contributed by atoms with Crippen LogP contribution in [0.5, 0.6) is 0 Å². The number of aromatic amines is 2. The van der Waals surface area contributed by atoms with Crippen molar-refractivity contribution in [2.24, 2.45) is 0 Å². The first kappa shape index (κ1) is 18.4. The number of halogens is 4. The Balaban J connectivity index is 1.59. The van der Waals surface area contributed by atoms with Gasteiger partial charge >= 0.3 is 0 Å². The molecule has 0 radical (unpaired) electrons. The lowest BCUT2D eigenvalue weighted by Crippen LogP contribution is -1.87. The molecule has 2 N–H and O–H groups in total. The van der Waals surface area contributed by atoms with E-state index in [1.807, 2.05) is 0 Å². The van der Waals surface area contributed by atoms with Gasteiger partial charge in [-0.2, -0.15) is 5.10 Å². The van der Waals surface area contributed by atoms with Gasteiger partial charge in [0, 0.05) is 17.5 Å². The van der Waals surface area contributed by atoms with E-state index < -0.39 is 11.6 Å². The van der Waals surface area contributed by atoms with Gasteiger partial charge < -0.3 is 4.98 Å². The Hall–Kier alpha value is -3.58. The molecule has 2 aromatic heterocycles. The van der Waals surface area contributed by atoms with E-state index in [0.29, 0.717) is 27.6 Å². The summed E-state index contributed by atoms with van der Waals surface area (Å²) >= 11 is 5.81. The summed E-state index contributed by atoms with van der Waals surface area (Å²) < 4.78 is 41.5. The number of nitrogens with zero attached hydrogens (tertiary/aromatic N) is 2. The molecule has 30 heavy (non-hydrogen) atoms. The molecule has 0 unspecified atom stereocenters. The summed E-state index contributed by atoms with van der Waals surface area (Å²) in [6.45, 7) is 0. The highest BCUT2D eigenvalue weighted by molar-refractivity contribution is 6.31. The van der Waals surface area contributed by atoms with Crippen molar-refractivity contribution in [1.29, 1.82) is 0 Å². The Bertz CT molecular complexity index is 1400. The molecule has 0 atom stereocenters. The molecule has 5 aromatic rings. The van der Waals surface area contributed by atoms with E-state index in [1.165, 1.54) is 30.3 Å². The Morgan fingerprint density at radius 3 is 2.43 bits per heavy atom. The van der Waals surface area contributed by atoms with Crippen molar-refractivity contribution in [2.75, 3.05) is 0 Å². The van der Waals surface area contributed by atoms with Crippen molar-refractivity contribution >= 4 is 45.7 Å². The van der Waals surface area contributed by atoms with Gasteiger partial charge in [-0.1, -0.05) is 29.8 Å². The summed E-state index contributed by atoms with van der Waals surface area (Å²) in [5, 5.41) is 7.63. The van der Waals surface area contributed by atoms with Crippen LogP contribution in [0.15, 0.2) is 48.5 Å². The molecule has 0 saturated carbocycles. The van der Waals surface area contributed by atoms with E-state index >= 15 is 0 Å². The third kappa shape index (κ3) is 3.23. The SMILES string of the molecule is Fc1ccc(/C=C/c2n[nH]c3cc(F)c(-c4nc5cc(Cl)c(F)cc5[nH]4)cc23)cc1. The van der Waals surface area contributed by atoms with E-state index in [2.05, 4.69) is 20.2 Å². The highest BCUT2D eigenvalue weighted by Crippen LogP contribution is 2.30. The van der Waals surface area contributed by atoms with Crippen molar-refractivity contribution < 1.29 is 13.2 Å². The molecule has 5 rings (SSSR count). The molecular weight excluding hydrogens is 413 g/mol. The second-order valence-corrected chi connectivity index (χ2v) is 7.15. The third-order valence-corrected chi connectivity index (χ3v) is 5.05. The van der Waals surface area contributed by atoms with E-state index in [4.69, 9.17) is 11.6 Å². The lowest BCUT2D eigenvalue weighted by atomic mass is 10.1. The number of hydrogen-bond donors (Lipinski definition) is 2. The predicted molar refractivity (Wildman–Crippen MR) is 111 cm³/mol. The van der Waals surface area contributed by atoms with Crippen LogP contribution < -0.4 is 0 Å². The number of H-pyrrole nitrogens is 2. The smallest absolute Gasteiger partial charge is 0.144 e. The second-order valence-electron chi connectivity index (χ2n) is 6.74. The quantitative estimate of drug-likeness (QED) is 0.354. The van der Waals surface area contributed by atoms with Crippen molar-refractivity contribution in [3.05, 3.63) is 82.3 Å². The van der Waals surface area contributed by atoms with Crippen LogP contribution >= 0.6 is 11.6 Å². The zero-order valence-corrected chi connectivity index (χ0v) is 15.9. The normalized spacial score (nSPS) is 11.9. The summed E-state index contributed by atoms with van der Waals surface area (Å²) in [5.74, 6) is -1.16. The summed E-state index contributed by atoms with van der Waals surface area (Å²) in [7, 11) is 0. The van der Waals surface area contributed by atoms with Crippen LogP contribution in [0.1, 0.15) is 11.3 Å². The van der Waals surface area contributed by atoms with Crippen molar-refractivity contribution in [3.63, 3.8) is 0 Å². The molecule has 3 aromatic carbocycles. The van der Waals surface area contributed by atoms with Crippen LogP contribution in [-0.2, 0) is 0 Å². The van der Waals surface area contributed by atoms with Gasteiger partial charge in [-0.25, -0.2) is 18.2 Å². The highest BCUT2D eigenvalue weighted by atomic mass is 35.5. The molecule has 0 bridgehead atoms. The van der Waals surface area contributed by atoms with Gasteiger partial charge in [-0.3, -0.25) is 5.10 Å². The van der Waals surface area contributed by atoms with Crippen molar-refractivity contribution in [1.82, 2.24) is 20.2 Å². The van der Waals surface area contributed by atoms with Gasteiger partial charge in [-0.15, -0.1) is 0 Å². The average Bonchev–Trinajstić information content (AvgIpc) is 3.30. The summed E-state index contributed by atoms with van der Waals surface area (Å²) in [6.07, 6.45) is 3.53. The standard InChI is InChI=1S/C22H12ClF3N4/c23-15-8-20-21(10-17(15)26)28-22(27-20)13-7-14-18(29-30-19(14)9-16(13)25)6-3-11-1-4-12(24)5-2-11/h1-10H,(H,27,28)(H,29,30)/b6-3+. The minimum Gasteiger partial charge on any atom is -0.338 e. The molecule has 148 valence electrons. The zero-order chi connectivity index (χ0) is 20.8. The lowest BCUT2D eigenvalue weighted by molar-refractivity contribution is 0.627. The summed E-state index contributed by atoms with van der Waals surface area (Å²) in [4.78, 5) is 7.26. The first-order valence-corrected chi connectivity index (χ1v) is 9.32. The fraction of sp³-hybridized carbons (Fsp3) is 0. The molecule has 0 aliphatic carbocycles. The van der Waals surface area contributed by atoms with Gasteiger partial charge in [0.2, 0.25) is 0 Å². The Morgan fingerprint density at radius 1 is 0.867 bits per heavy atom. The van der Waals surface area contributed by atoms with Gasteiger partial charge in [-0.05, 0) is 35.9 Å². The highest BCUT2D eigenvalue weighted by Gasteiger charge is 2.15. The zero-order valence-electron chi connectivity index (χ0n) is 15.2. The van der Waals surface area contributed by atoms with Crippen LogP contribution in [-0.4, -0.2) is 20.2 Å². The Morgan fingerprint density at radius 2 is 1.63 bits per heavy atom. The minimum absolute atomic E-state index is 0.0560. The molecule has 0 amide bonds. The first-order valence-electron chi connectivity index (χ1n) is 8.94. The first-order chi connectivity index (χ1) is 14.5. The van der Waals surface area contributed by atoms with E-state index in [9.17, 15) is 13.2 Å². The van der Waals surface area contributed by atoms with E-state index in [1.54, 1.807) is 30.4 Å². The van der Waals surface area contributed by atoms with Gasteiger partial charge in [0.25, 0.3) is 0 Å². The van der Waals surface area contributed by atoms with Crippen LogP contribution in [0.4, 0.5) is 13.2 Å². The van der Waals surface area contributed by atoms with Crippen molar-refractivity contribution in [3.8, 4) is 11.4 Å². The number of hydrogen-bond acceptors (Lipinski definition) is 2. The van der Waals surface area contributed by atoms with Crippen LogP contribution in [0.3, 0.4) is 0 Å². The summed E-state index contributed by atoms with van der Waals surface area (Å²) in [6, 6.07) is 11.6. The van der Waals surface area contributed by atoms with Crippen LogP contribution in [0.2, 0.25) is 5.02 Å². The number of benzene rings is 3. The molecule has 0 spiro atoms. The molecule has 0 aliphatic rings. The van der Waals surface area contributed by atoms with Gasteiger partial charge in [0.1, 0.15) is 23.3 Å². The Labute approximate surface area is 173 Å². The molecule has 0 saturated heterocycles. The fourth-order valence-corrected chi connectivity index (χ4v) is 3.41. The molecule has 4 nitrogen and oxygen atoms in total. The third-order valence-electron chi connectivity index (χ3n) is 4.76. The van der Waals surface area contributed by atoms with Crippen LogP contribution in [0.25, 0.3) is 45.5 Å². The fourth-order valence-electron chi connectivity index (χ4n) is 3.25. The van der Waals surface area contributed by atoms with Crippen LogP contribution in [0, 0.1) is 17.5 Å². The summed E-state index contributed by atoms with van der Waals surface area (Å²) in [5.41, 5.74) is 2.95. The largest absolute Gasteiger partial charge is 0.338 e. The van der Waals surface area contributed by atoms with E-state index in [0.717, 1.165) is 5.56 Å². The maximum Gasteiger partial charge on any atom is 0.144 e. The number of nitrogens with one attached hydrogen (secondary N) is 2. The van der Waals surface area contributed by atoms with Gasteiger partial charge in [0.05, 0.1) is 32.8 Å². The maximum absolute atomic E-state index is 14.7. The number of imidazole rings is 1. The average molecular weight is 425 g/mol. The number of fused-ring (bicyclic) bond motifs is 2. The predicted octanol–water partition coefficient (Wildman–Crippen LogP) is 6.35. The van der Waals surface area contributed by atoms with Gasteiger partial charge in [0.15, 0.2) is 0 Å². The number of aromatic nitrogens is 4. The topological polar surface area (TPSA) is 57.4 Å². The van der Waals surface area contributed by atoms with E-state index in [-0.39, 0.29) is 22.2 Å². The lowest BCUT2D eigenvalue weighted by Gasteiger charge is -2.00. The molecule has 8 heteroatoms. The molecule has 2 heterocycles. The molecular formula is C22H12ClF3N4. The Kier molecular flexibility index (Phi) is 4.33. The van der Waals surface area contributed by atoms with Crippen molar-refractivity contribution in [2.45, 2.75) is 0 Å². The molecule has 0 fully saturated rings. The number of rotatable bonds is 3.